The molecule has 0 saturated heterocycles. The van der Waals surface area contributed by atoms with Crippen LogP contribution in [-0.4, -0.2) is 15.0 Å². The van der Waals surface area contributed by atoms with Gasteiger partial charge in [0.15, 0.2) is 11.4 Å². The number of nitrogens with zero attached hydrogens (tertiary/aromatic N) is 3. The van der Waals surface area contributed by atoms with Gasteiger partial charge in [0, 0.05) is 27.5 Å². The molecule has 4 heteroatoms. The SMILES string of the molecule is c1ccc(-c2nc(-c3ccc(-c4nc5ccccc5o4)cc3)nc3c2ccc2ccccc23)cc1. The molecule has 7 aromatic rings. The summed E-state index contributed by atoms with van der Waals surface area (Å²) in [5.74, 6) is 1.30. The molecule has 0 N–H and O–H groups in total. The summed E-state index contributed by atoms with van der Waals surface area (Å²) in [6.07, 6.45) is 0. The quantitative estimate of drug-likeness (QED) is 0.257. The first-order valence-electron chi connectivity index (χ1n) is 11.5. The molecule has 0 aliphatic heterocycles. The zero-order valence-corrected chi connectivity index (χ0v) is 18.7. The number of fused-ring (bicyclic) bond motifs is 4. The van der Waals surface area contributed by atoms with Crippen LogP contribution in [0.2, 0.25) is 0 Å². The third-order valence-electron chi connectivity index (χ3n) is 6.32. The first kappa shape index (κ1) is 19.6. The van der Waals surface area contributed by atoms with Crippen LogP contribution in [0.3, 0.4) is 0 Å². The van der Waals surface area contributed by atoms with Crippen molar-refractivity contribution >= 4 is 32.8 Å². The Labute approximate surface area is 201 Å². The number of hydrogen-bond acceptors (Lipinski definition) is 4. The highest BCUT2D eigenvalue weighted by Gasteiger charge is 2.14. The lowest BCUT2D eigenvalue weighted by Crippen LogP contribution is -1.96. The largest absolute Gasteiger partial charge is 0.436 e. The number of rotatable bonds is 3. The van der Waals surface area contributed by atoms with E-state index in [2.05, 4.69) is 53.5 Å². The molecular formula is C31H19N3O. The highest BCUT2D eigenvalue weighted by atomic mass is 16.3. The smallest absolute Gasteiger partial charge is 0.227 e. The van der Waals surface area contributed by atoms with Crippen LogP contribution in [-0.2, 0) is 0 Å². The van der Waals surface area contributed by atoms with E-state index in [1.54, 1.807) is 0 Å². The number of benzene rings is 5. The van der Waals surface area contributed by atoms with Crippen molar-refractivity contribution in [3.05, 3.63) is 115 Å². The first-order chi connectivity index (χ1) is 17.3. The molecule has 164 valence electrons. The standard InChI is InChI=1S/C31H19N3O/c1-2-9-21(10-3-1)28-25-19-18-20-8-4-5-11-24(20)29(25)34-30(33-28)22-14-16-23(17-15-22)31-32-26-12-6-7-13-27(26)35-31/h1-19H. The molecule has 35 heavy (non-hydrogen) atoms. The van der Waals surface area contributed by atoms with Crippen LogP contribution >= 0.6 is 0 Å². The van der Waals surface area contributed by atoms with Gasteiger partial charge < -0.3 is 4.42 Å². The van der Waals surface area contributed by atoms with Gasteiger partial charge in [0.1, 0.15) is 5.52 Å². The average Bonchev–Trinajstić information content (AvgIpc) is 3.37. The van der Waals surface area contributed by atoms with Crippen LogP contribution in [0.5, 0.6) is 0 Å². The fourth-order valence-corrected chi connectivity index (χ4v) is 4.57. The Morgan fingerprint density at radius 1 is 0.486 bits per heavy atom. The zero-order chi connectivity index (χ0) is 23.2. The predicted molar refractivity (Wildman–Crippen MR) is 141 cm³/mol. The van der Waals surface area contributed by atoms with Crippen molar-refractivity contribution in [1.29, 1.82) is 0 Å². The maximum absolute atomic E-state index is 5.94. The zero-order valence-electron chi connectivity index (χ0n) is 18.7. The van der Waals surface area contributed by atoms with E-state index in [9.17, 15) is 0 Å². The van der Waals surface area contributed by atoms with Crippen molar-refractivity contribution in [3.63, 3.8) is 0 Å². The van der Waals surface area contributed by atoms with Gasteiger partial charge >= 0.3 is 0 Å². The minimum Gasteiger partial charge on any atom is -0.436 e. The molecule has 4 nitrogen and oxygen atoms in total. The van der Waals surface area contributed by atoms with E-state index >= 15 is 0 Å². The number of hydrogen-bond donors (Lipinski definition) is 0. The first-order valence-corrected chi connectivity index (χ1v) is 11.5. The molecule has 0 amide bonds. The number of para-hydroxylation sites is 2. The van der Waals surface area contributed by atoms with Crippen LogP contribution in [0.4, 0.5) is 0 Å². The van der Waals surface area contributed by atoms with Crippen molar-refractivity contribution in [1.82, 2.24) is 15.0 Å². The monoisotopic (exact) mass is 449 g/mol. The molecule has 2 heterocycles. The van der Waals surface area contributed by atoms with Crippen LogP contribution in [0.25, 0.3) is 66.9 Å². The summed E-state index contributed by atoms with van der Waals surface area (Å²) in [5, 5.41) is 3.32. The van der Waals surface area contributed by atoms with Gasteiger partial charge in [-0.3, -0.25) is 0 Å². The third kappa shape index (κ3) is 3.35. The fraction of sp³-hybridized carbons (Fsp3) is 0. The van der Waals surface area contributed by atoms with Crippen molar-refractivity contribution in [2.24, 2.45) is 0 Å². The Bertz CT molecular complexity index is 1800. The van der Waals surface area contributed by atoms with Crippen LogP contribution in [0.1, 0.15) is 0 Å². The Balaban J connectivity index is 1.40. The predicted octanol–water partition coefficient (Wildman–Crippen LogP) is 7.93. The Morgan fingerprint density at radius 3 is 2.09 bits per heavy atom. The summed E-state index contributed by atoms with van der Waals surface area (Å²) in [4.78, 5) is 14.7. The van der Waals surface area contributed by atoms with Gasteiger partial charge in [-0.05, 0) is 35.7 Å². The van der Waals surface area contributed by atoms with E-state index in [1.165, 1.54) is 0 Å². The minimum atomic E-state index is 0.605. The normalized spacial score (nSPS) is 11.4. The molecule has 0 aliphatic carbocycles. The molecule has 7 rings (SSSR count). The molecular weight excluding hydrogens is 430 g/mol. The van der Waals surface area contributed by atoms with Gasteiger partial charge in [-0.1, -0.05) is 84.9 Å². The second-order valence-electron chi connectivity index (χ2n) is 8.51. The Morgan fingerprint density at radius 2 is 1.23 bits per heavy atom. The van der Waals surface area contributed by atoms with Crippen molar-refractivity contribution in [2.45, 2.75) is 0 Å². The lowest BCUT2D eigenvalue weighted by Gasteiger charge is -2.11. The van der Waals surface area contributed by atoms with Gasteiger partial charge in [0.05, 0.1) is 11.2 Å². The second kappa shape index (κ2) is 7.89. The maximum atomic E-state index is 5.94. The minimum absolute atomic E-state index is 0.605. The average molecular weight is 450 g/mol. The van der Waals surface area contributed by atoms with Gasteiger partial charge in [0.2, 0.25) is 5.89 Å². The molecule has 5 aromatic carbocycles. The molecule has 0 saturated carbocycles. The maximum Gasteiger partial charge on any atom is 0.227 e. The summed E-state index contributed by atoms with van der Waals surface area (Å²) in [6, 6.07) is 38.8. The molecule has 0 aliphatic rings. The molecule has 2 aromatic heterocycles. The van der Waals surface area contributed by atoms with E-state index in [4.69, 9.17) is 14.4 Å². The van der Waals surface area contributed by atoms with Gasteiger partial charge in [0.25, 0.3) is 0 Å². The molecule has 0 unspecified atom stereocenters. The topological polar surface area (TPSA) is 51.8 Å². The summed E-state index contributed by atoms with van der Waals surface area (Å²) in [7, 11) is 0. The van der Waals surface area contributed by atoms with E-state index in [0.717, 1.165) is 55.2 Å². The van der Waals surface area contributed by atoms with Crippen LogP contribution in [0.15, 0.2) is 120 Å². The second-order valence-corrected chi connectivity index (χ2v) is 8.51. The van der Waals surface area contributed by atoms with Gasteiger partial charge in [-0.2, -0.15) is 0 Å². The summed E-state index contributed by atoms with van der Waals surface area (Å²) in [5.41, 5.74) is 6.44. The fourth-order valence-electron chi connectivity index (χ4n) is 4.57. The number of aromatic nitrogens is 3. The van der Waals surface area contributed by atoms with Crippen molar-refractivity contribution < 1.29 is 4.42 Å². The van der Waals surface area contributed by atoms with Crippen LogP contribution in [0, 0.1) is 0 Å². The van der Waals surface area contributed by atoms with E-state index in [-0.39, 0.29) is 0 Å². The molecule has 0 fully saturated rings. The van der Waals surface area contributed by atoms with Gasteiger partial charge in [-0.15, -0.1) is 0 Å². The summed E-state index contributed by atoms with van der Waals surface area (Å²) < 4.78 is 5.94. The Hall–Kier alpha value is -4.83. The van der Waals surface area contributed by atoms with E-state index < -0.39 is 0 Å². The molecule has 0 atom stereocenters. The lowest BCUT2D eigenvalue weighted by molar-refractivity contribution is 0.620. The van der Waals surface area contributed by atoms with Crippen molar-refractivity contribution in [2.75, 3.05) is 0 Å². The van der Waals surface area contributed by atoms with E-state index in [0.29, 0.717) is 11.7 Å². The molecule has 0 radical (unpaired) electrons. The highest BCUT2D eigenvalue weighted by molar-refractivity contribution is 6.09. The Kier molecular flexibility index (Phi) is 4.42. The molecule has 0 spiro atoms. The highest BCUT2D eigenvalue weighted by Crippen LogP contribution is 2.33. The molecule has 0 bridgehead atoms. The van der Waals surface area contributed by atoms with Crippen molar-refractivity contribution in [3.8, 4) is 34.1 Å². The lowest BCUT2D eigenvalue weighted by atomic mass is 10.0. The third-order valence-corrected chi connectivity index (χ3v) is 6.32. The number of oxazole rings is 1. The van der Waals surface area contributed by atoms with Gasteiger partial charge in [-0.25, -0.2) is 15.0 Å². The van der Waals surface area contributed by atoms with Crippen LogP contribution < -0.4 is 0 Å². The van der Waals surface area contributed by atoms with E-state index in [1.807, 2.05) is 66.7 Å². The summed E-state index contributed by atoms with van der Waals surface area (Å²) in [6.45, 7) is 0. The summed E-state index contributed by atoms with van der Waals surface area (Å²) >= 11 is 0.